The lowest BCUT2D eigenvalue weighted by atomic mass is 10.1. The summed E-state index contributed by atoms with van der Waals surface area (Å²) in [5.41, 5.74) is 1.64. The molecule has 2 aromatic carbocycles. The van der Waals surface area contributed by atoms with Gasteiger partial charge in [0.05, 0.1) is 22.1 Å². The van der Waals surface area contributed by atoms with Gasteiger partial charge >= 0.3 is 0 Å². The van der Waals surface area contributed by atoms with Gasteiger partial charge in [0.25, 0.3) is 0 Å². The molecule has 0 radical (unpaired) electrons. The van der Waals surface area contributed by atoms with E-state index in [9.17, 15) is 18.0 Å². The Balaban J connectivity index is 1.38. The Morgan fingerprint density at radius 3 is 2.52 bits per heavy atom. The number of thioether (sulfide) groups is 1. The summed E-state index contributed by atoms with van der Waals surface area (Å²) >= 11 is 1.38. The van der Waals surface area contributed by atoms with E-state index in [4.69, 9.17) is 0 Å². The SMILES string of the molecule is CC(CS(=O)(=O)c1ccc2c(c1)NC(=O)CS2)C(=O)N1CCN(c2ccccc2)CC1. The third-order valence-corrected chi connectivity index (χ3v) is 8.53. The van der Waals surface area contributed by atoms with Crippen LogP contribution in [0.2, 0.25) is 0 Å². The number of hydrogen-bond acceptors (Lipinski definition) is 6. The quantitative estimate of drug-likeness (QED) is 0.739. The van der Waals surface area contributed by atoms with Gasteiger partial charge in [0.15, 0.2) is 9.84 Å². The van der Waals surface area contributed by atoms with Crippen LogP contribution in [0, 0.1) is 5.92 Å². The van der Waals surface area contributed by atoms with E-state index in [2.05, 4.69) is 10.2 Å². The topological polar surface area (TPSA) is 86.8 Å². The normalized spacial score (nSPS) is 17.6. The van der Waals surface area contributed by atoms with Crippen molar-refractivity contribution in [3.63, 3.8) is 0 Å². The second-order valence-electron chi connectivity index (χ2n) is 7.83. The van der Waals surface area contributed by atoms with Crippen molar-refractivity contribution in [3.8, 4) is 0 Å². The van der Waals surface area contributed by atoms with Crippen LogP contribution < -0.4 is 10.2 Å². The Morgan fingerprint density at radius 1 is 1.10 bits per heavy atom. The molecule has 0 saturated carbocycles. The number of benzene rings is 2. The lowest BCUT2D eigenvalue weighted by Gasteiger charge is -2.37. The fourth-order valence-corrected chi connectivity index (χ4v) is 6.24. The van der Waals surface area contributed by atoms with Crippen LogP contribution in [-0.2, 0) is 19.4 Å². The van der Waals surface area contributed by atoms with Gasteiger partial charge in [-0.25, -0.2) is 8.42 Å². The van der Waals surface area contributed by atoms with Gasteiger partial charge in [0, 0.05) is 42.7 Å². The summed E-state index contributed by atoms with van der Waals surface area (Å²) in [7, 11) is -3.67. The van der Waals surface area contributed by atoms with Crippen molar-refractivity contribution >= 4 is 44.8 Å². The van der Waals surface area contributed by atoms with E-state index in [1.807, 2.05) is 30.3 Å². The van der Waals surface area contributed by atoms with Crippen molar-refractivity contribution in [2.24, 2.45) is 5.92 Å². The summed E-state index contributed by atoms with van der Waals surface area (Å²) < 4.78 is 25.9. The van der Waals surface area contributed by atoms with Crippen LogP contribution in [0.25, 0.3) is 0 Å². The van der Waals surface area contributed by atoms with E-state index in [0.717, 1.165) is 23.7 Å². The van der Waals surface area contributed by atoms with Crippen LogP contribution in [-0.4, -0.2) is 62.8 Å². The predicted molar refractivity (Wildman–Crippen MR) is 122 cm³/mol. The summed E-state index contributed by atoms with van der Waals surface area (Å²) in [6.07, 6.45) is 0. The van der Waals surface area contributed by atoms with Crippen molar-refractivity contribution in [1.29, 1.82) is 0 Å². The molecule has 9 heteroatoms. The molecule has 1 saturated heterocycles. The molecule has 7 nitrogen and oxygen atoms in total. The molecule has 31 heavy (non-hydrogen) atoms. The maximum absolute atomic E-state index is 12.9. The van der Waals surface area contributed by atoms with E-state index < -0.39 is 15.8 Å². The molecule has 1 atom stereocenters. The molecule has 0 bridgehead atoms. The molecule has 2 amide bonds. The van der Waals surface area contributed by atoms with Gasteiger partial charge in [-0.2, -0.15) is 0 Å². The maximum Gasteiger partial charge on any atom is 0.234 e. The second-order valence-corrected chi connectivity index (χ2v) is 10.9. The molecular formula is C22H25N3O4S2. The fourth-order valence-electron chi connectivity index (χ4n) is 3.89. The Labute approximate surface area is 186 Å². The molecule has 4 rings (SSSR count). The van der Waals surface area contributed by atoms with Crippen molar-refractivity contribution in [2.45, 2.75) is 16.7 Å². The monoisotopic (exact) mass is 459 g/mol. The average molecular weight is 460 g/mol. The lowest BCUT2D eigenvalue weighted by molar-refractivity contribution is -0.134. The number of sulfone groups is 1. The minimum Gasteiger partial charge on any atom is -0.368 e. The van der Waals surface area contributed by atoms with E-state index in [-0.39, 0.29) is 22.5 Å². The number of nitrogens with zero attached hydrogens (tertiary/aromatic N) is 2. The van der Waals surface area contributed by atoms with E-state index in [1.165, 1.54) is 17.8 Å². The minimum atomic E-state index is -3.67. The zero-order valence-corrected chi connectivity index (χ0v) is 18.9. The van der Waals surface area contributed by atoms with Crippen molar-refractivity contribution in [1.82, 2.24) is 4.90 Å². The van der Waals surface area contributed by atoms with Crippen LogP contribution in [0.3, 0.4) is 0 Å². The fraction of sp³-hybridized carbons (Fsp3) is 0.364. The van der Waals surface area contributed by atoms with E-state index >= 15 is 0 Å². The number of fused-ring (bicyclic) bond motifs is 1. The van der Waals surface area contributed by atoms with Crippen LogP contribution in [0.15, 0.2) is 58.3 Å². The second kappa shape index (κ2) is 8.92. The molecule has 1 N–H and O–H groups in total. The molecule has 2 aromatic rings. The summed E-state index contributed by atoms with van der Waals surface area (Å²) in [5.74, 6) is -0.871. The van der Waals surface area contributed by atoms with Gasteiger partial charge in [-0.05, 0) is 30.3 Å². The van der Waals surface area contributed by atoms with Crippen molar-refractivity contribution in [3.05, 3.63) is 48.5 Å². The van der Waals surface area contributed by atoms with Gasteiger partial charge in [0.1, 0.15) is 0 Å². The number of hydrogen-bond donors (Lipinski definition) is 1. The third kappa shape index (κ3) is 4.88. The van der Waals surface area contributed by atoms with Gasteiger partial charge in [-0.15, -0.1) is 11.8 Å². The molecule has 0 spiro atoms. The smallest absolute Gasteiger partial charge is 0.234 e. The van der Waals surface area contributed by atoms with E-state index in [1.54, 1.807) is 24.0 Å². The molecule has 0 aliphatic carbocycles. The number of piperazine rings is 1. The number of anilines is 2. The first-order valence-corrected chi connectivity index (χ1v) is 12.9. The first-order chi connectivity index (χ1) is 14.8. The Bertz CT molecular complexity index is 1080. The molecule has 164 valence electrons. The summed E-state index contributed by atoms with van der Waals surface area (Å²) in [4.78, 5) is 29.5. The highest BCUT2D eigenvalue weighted by molar-refractivity contribution is 8.00. The van der Waals surface area contributed by atoms with Crippen LogP contribution in [0.5, 0.6) is 0 Å². The number of carbonyl (C=O) groups excluding carboxylic acids is 2. The molecule has 2 heterocycles. The molecule has 1 fully saturated rings. The largest absolute Gasteiger partial charge is 0.368 e. The highest BCUT2D eigenvalue weighted by Crippen LogP contribution is 2.33. The number of nitrogens with one attached hydrogen (secondary N) is 1. The number of para-hydroxylation sites is 1. The zero-order valence-electron chi connectivity index (χ0n) is 17.3. The molecule has 1 unspecified atom stereocenters. The van der Waals surface area contributed by atoms with E-state index in [0.29, 0.717) is 24.5 Å². The Kier molecular flexibility index (Phi) is 6.24. The number of rotatable bonds is 5. The lowest BCUT2D eigenvalue weighted by Crippen LogP contribution is -2.50. The zero-order chi connectivity index (χ0) is 22.0. The van der Waals surface area contributed by atoms with Crippen LogP contribution >= 0.6 is 11.8 Å². The average Bonchev–Trinajstić information content (AvgIpc) is 2.78. The van der Waals surface area contributed by atoms with Gasteiger partial charge in [-0.1, -0.05) is 25.1 Å². The van der Waals surface area contributed by atoms with Crippen molar-refractivity contribution in [2.75, 3.05) is 47.9 Å². The third-order valence-electron chi connectivity index (χ3n) is 5.55. The maximum atomic E-state index is 12.9. The van der Waals surface area contributed by atoms with Gasteiger partial charge in [-0.3, -0.25) is 9.59 Å². The Morgan fingerprint density at radius 2 is 1.81 bits per heavy atom. The molecule has 2 aliphatic heterocycles. The first-order valence-electron chi connectivity index (χ1n) is 10.2. The molecular weight excluding hydrogens is 434 g/mol. The predicted octanol–water partition coefficient (Wildman–Crippen LogP) is 2.49. The van der Waals surface area contributed by atoms with Gasteiger partial charge in [0.2, 0.25) is 11.8 Å². The summed E-state index contributed by atoms with van der Waals surface area (Å²) in [6.45, 7) is 4.24. The molecule has 0 aromatic heterocycles. The summed E-state index contributed by atoms with van der Waals surface area (Å²) in [6, 6.07) is 14.8. The highest BCUT2D eigenvalue weighted by atomic mass is 32.2. The summed E-state index contributed by atoms with van der Waals surface area (Å²) in [5, 5.41) is 2.71. The van der Waals surface area contributed by atoms with Gasteiger partial charge < -0.3 is 15.1 Å². The Hall–Kier alpha value is -2.52. The minimum absolute atomic E-state index is 0.127. The standard InChI is InChI=1S/C22H25N3O4S2/c1-16(22(27)25-11-9-24(10-12-25)17-5-3-2-4-6-17)15-31(28,29)18-7-8-20-19(13-18)23-21(26)14-30-20/h2-8,13,16H,9-12,14-15H2,1H3,(H,23,26). The first kappa shape index (κ1) is 21.7. The molecule has 2 aliphatic rings. The van der Waals surface area contributed by atoms with Crippen LogP contribution in [0.4, 0.5) is 11.4 Å². The van der Waals surface area contributed by atoms with Crippen molar-refractivity contribution < 1.29 is 18.0 Å². The highest BCUT2D eigenvalue weighted by Gasteiger charge is 2.29. The van der Waals surface area contributed by atoms with Crippen LogP contribution in [0.1, 0.15) is 6.92 Å². The number of carbonyl (C=O) groups is 2. The number of amides is 2.